The number of hydrogen-bond donors (Lipinski definition) is 1. The number of benzene rings is 1. The number of rotatable bonds is 5. The summed E-state index contributed by atoms with van der Waals surface area (Å²) in [7, 11) is 0. The average molecular weight is 243 g/mol. The summed E-state index contributed by atoms with van der Waals surface area (Å²) in [6, 6.07) is 12.8. The first kappa shape index (κ1) is 12.9. The Morgan fingerprint density at radius 1 is 1.11 bits per heavy atom. The lowest BCUT2D eigenvalue weighted by Crippen LogP contribution is -2.17. The summed E-state index contributed by atoms with van der Waals surface area (Å²) in [5.74, 6) is 1.88. The zero-order valence-corrected chi connectivity index (χ0v) is 11.1. The normalized spacial score (nSPS) is 12.6. The van der Waals surface area contributed by atoms with Crippen LogP contribution in [0.5, 0.6) is 0 Å². The quantitative estimate of drug-likeness (QED) is 0.867. The molecule has 0 saturated heterocycles. The van der Waals surface area contributed by atoms with E-state index in [0.717, 1.165) is 29.9 Å². The van der Waals surface area contributed by atoms with E-state index in [1.807, 2.05) is 19.1 Å². The van der Waals surface area contributed by atoms with Gasteiger partial charge in [-0.05, 0) is 31.0 Å². The molecule has 1 atom stereocenters. The molecule has 2 rings (SSSR count). The van der Waals surface area contributed by atoms with Gasteiger partial charge in [-0.25, -0.2) is 0 Å². The van der Waals surface area contributed by atoms with Crippen molar-refractivity contribution < 1.29 is 4.42 Å². The minimum atomic E-state index is 0.135. The van der Waals surface area contributed by atoms with Crippen molar-refractivity contribution in [3.8, 4) is 11.3 Å². The second-order valence-electron chi connectivity index (χ2n) is 4.89. The minimum absolute atomic E-state index is 0.135. The Labute approximate surface area is 109 Å². The van der Waals surface area contributed by atoms with Crippen LogP contribution in [0, 0.1) is 0 Å². The van der Waals surface area contributed by atoms with Crippen molar-refractivity contribution in [2.75, 3.05) is 0 Å². The topological polar surface area (TPSA) is 39.2 Å². The lowest BCUT2D eigenvalue weighted by molar-refractivity contribution is 0.503. The molecule has 2 N–H and O–H groups in total. The second-order valence-corrected chi connectivity index (χ2v) is 4.89. The molecule has 2 heteroatoms. The standard InChI is InChI=1S/C16H21NO/c1-3-4-13-5-7-14(8-6-13)16-10-9-15(18-16)11-12(2)17/h5-10,12H,3-4,11,17H2,1-2H3. The van der Waals surface area contributed by atoms with E-state index in [9.17, 15) is 0 Å². The Bertz CT molecular complexity index is 482. The van der Waals surface area contributed by atoms with Gasteiger partial charge in [0.05, 0.1) is 0 Å². The smallest absolute Gasteiger partial charge is 0.134 e. The summed E-state index contributed by atoms with van der Waals surface area (Å²) in [5.41, 5.74) is 8.27. The maximum absolute atomic E-state index is 5.80. The summed E-state index contributed by atoms with van der Waals surface area (Å²) in [5, 5.41) is 0. The molecule has 0 amide bonds. The van der Waals surface area contributed by atoms with E-state index >= 15 is 0 Å². The first-order valence-corrected chi connectivity index (χ1v) is 6.62. The molecule has 1 aromatic heterocycles. The van der Waals surface area contributed by atoms with Crippen LogP contribution in [0.4, 0.5) is 0 Å². The van der Waals surface area contributed by atoms with Crippen LogP contribution in [-0.4, -0.2) is 6.04 Å². The molecular weight excluding hydrogens is 222 g/mol. The summed E-state index contributed by atoms with van der Waals surface area (Å²) >= 11 is 0. The molecule has 0 radical (unpaired) electrons. The largest absolute Gasteiger partial charge is 0.461 e. The van der Waals surface area contributed by atoms with Crippen LogP contribution in [0.1, 0.15) is 31.6 Å². The van der Waals surface area contributed by atoms with Gasteiger partial charge < -0.3 is 10.2 Å². The molecule has 1 aromatic carbocycles. The van der Waals surface area contributed by atoms with Crippen molar-refractivity contribution >= 4 is 0 Å². The lowest BCUT2D eigenvalue weighted by Gasteiger charge is -2.02. The van der Waals surface area contributed by atoms with Crippen molar-refractivity contribution in [1.29, 1.82) is 0 Å². The first-order valence-electron chi connectivity index (χ1n) is 6.62. The van der Waals surface area contributed by atoms with Gasteiger partial charge in [0, 0.05) is 18.0 Å². The van der Waals surface area contributed by atoms with Crippen LogP contribution in [0.25, 0.3) is 11.3 Å². The van der Waals surface area contributed by atoms with Gasteiger partial charge in [0.2, 0.25) is 0 Å². The Balaban J connectivity index is 2.13. The monoisotopic (exact) mass is 243 g/mol. The van der Waals surface area contributed by atoms with E-state index in [-0.39, 0.29) is 6.04 Å². The minimum Gasteiger partial charge on any atom is -0.461 e. The molecular formula is C16H21NO. The molecule has 18 heavy (non-hydrogen) atoms. The fourth-order valence-corrected chi connectivity index (χ4v) is 2.08. The summed E-state index contributed by atoms with van der Waals surface area (Å²) in [6.45, 7) is 4.18. The Morgan fingerprint density at radius 3 is 2.44 bits per heavy atom. The van der Waals surface area contributed by atoms with Gasteiger partial charge in [-0.2, -0.15) is 0 Å². The van der Waals surface area contributed by atoms with E-state index in [1.54, 1.807) is 0 Å². The van der Waals surface area contributed by atoms with E-state index in [0.29, 0.717) is 0 Å². The fourth-order valence-electron chi connectivity index (χ4n) is 2.08. The van der Waals surface area contributed by atoms with Crippen LogP contribution in [0.15, 0.2) is 40.8 Å². The maximum atomic E-state index is 5.80. The Morgan fingerprint density at radius 2 is 1.83 bits per heavy atom. The van der Waals surface area contributed by atoms with Crippen molar-refractivity contribution in [2.45, 2.75) is 39.2 Å². The molecule has 0 aliphatic rings. The highest BCUT2D eigenvalue weighted by Crippen LogP contribution is 2.23. The molecule has 0 aliphatic carbocycles. The van der Waals surface area contributed by atoms with Gasteiger partial charge >= 0.3 is 0 Å². The number of nitrogens with two attached hydrogens (primary N) is 1. The van der Waals surface area contributed by atoms with Crippen molar-refractivity contribution in [1.82, 2.24) is 0 Å². The predicted molar refractivity (Wildman–Crippen MR) is 75.5 cm³/mol. The molecule has 0 aliphatic heterocycles. The maximum Gasteiger partial charge on any atom is 0.134 e. The van der Waals surface area contributed by atoms with Crippen LogP contribution in [0.3, 0.4) is 0 Å². The molecule has 0 fully saturated rings. The van der Waals surface area contributed by atoms with E-state index in [2.05, 4.69) is 31.2 Å². The van der Waals surface area contributed by atoms with Crippen molar-refractivity contribution in [3.05, 3.63) is 47.7 Å². The molecule has 0 bridgehead atoms. The second kappa shape index (κ2) is 5.87. The highest BCUT2D eigenvalue weighted by molar-refractivity contribution is 5.58. The molecule has 0 saturated carbocycles. The predicted octanol–water partition coefficient (Wildman–Crippen LogP) is 3.79. The number of aryl methyl sites for hydroxylation is 1. The van der Waals surface area contributed by atoms with Crippen LogP contribution in [0.2, 0.25) is 0 Å². The summed E-state index contributed by atoms with van der Waals surface area (Å²) < 4.78 is 5.80. The van der Waals surface area contributed by atoms with Gasteiger partial charge in [0.15, 0.2) is 0 Å². The van der Waals surface area contributed by atoms with Gasteiger partial charge in [0.25, 0.3) is 0 Å². The Hall–Kier alpha value is -1.54. The number of hydrogen-bond acceptors (Lipinski definition) is 2. The highest BCUT2D eigenvalue weighted by Gasteiger charge is 2.06. The third-order valence-corrected chi connectivity index (χ3v) is 2.96. The van der Waals surface area contributed by atoms with E-state index < -0.39 is 0 Å². The van der Waals surface area contributed by atoms with Gasteiger partial charge in [-0.15, -0.1) is 0 Å². The lowest BCUT2D eigenvalue weighted by atomic mass is 10.1. The fraction of sp³-hybridized carbons (Fsp3) is 0.375. The number of furan rings is 1. The molecule has 1 unspecified atom stereocenters. The van der Waals surface area contributed by atoms with Crippen LogP contribution in [-0.2, 0) is 12.8 Å². The molecule has 2 nitrogen and oxygen atoms in total. The third-order valence-electron chi connectivity index (χ3n) is 2.96. The van der Waals surface area contributed by atoms with Gasteiger partial charge in [-0.1, -0.05) is 37.6 Å². The van der Waals surface area contributed by atoms with E-state index in [4.69, 9.17) is 10.2 Å². The van der Waals surface area contributed by atoms with Crippen LogP contribution < -0.4 is 5.73 Å². The third kappa shape index (κ3) is 3.23. The summed E-state index contributed by atoms with van der Waals surface area (Å²) in [6.07, 6.45) is 3.10. The van der Waals surface area contributed by atoms with Gasteiger partial charge in [0.1, 0.15) is 11.5 Å². The molecule has 2 aromatic rings. The van der Waals surface area contributed by atoms with Gasteiger partial charge in [-0.3, -0.25) is 0 Å². The molecule has 0 spiro atoms. The zero-order valence-electron chi connectivity index (χ0n) is 11.1. The average Bonchev–Trinajstić information content (AvgIpc) is 2.78. The highest BCUT2D eigenvalue weighted by atomic mass is 16.3. The summed E-state index contributed by atoms with van der Waals surface area (Å²) in [4.78, 5) is 0. The van der Waals surface area contributed by atoms with Crippen LogP contribution >= 0.6 is 0 Å². The molecule has 1 heterocycles. The van der Waals surface area contributed by atoms with E-state index in [1.165, 1.54) is 12.0 Å². The van der Waals surface area contributed by atoms with Crippen molar-refractivity contribution in [3.63, 3.8) is 0 Å². The first-order chi connectivity index (χ1) is 8.69. The Kier molecular flexibility index (Phi) is 4.21. The van der Waals surface area contributed by atoms with Crippen molar-refractivity contribution in [2.24, 2.45) is 5.73 Å². The SMILES string of the molecule is CCCc1ccc(-c2ccc(CC(C)N)o2)cc1. The zero-order chi connectivity index (χ0) is 13.0. The molecule has 96 valence electrons.